The Balaban J connectivity index is 2.35. The molecule has 1 N–H and O–H groups in total. The highest BCUT2D eigenvalue weighted by Gasteiger charge is 2.12. The molecule has 6 nitrogen and oxygen atoms in total. The van der Waals surface area contributed by atoms with Gasteiger partial charge in [0.2, 0.25) is 10.0 Å². The van der Waals surface area contributed by atoms with Crippen LogP contribution in [0.4, 0.5) is 0 Å². The molecule has 1 rings (SSSR count). The van der Waals surface area contributed by atoms with Crippen LogP contribution in [0.2, 0.25) is 0 Å². The van der Waals surface area contributed by atoms with Gasteiger partial charge in [-0.3, -0.25) is 0 Å². The zero-order valence-electron chi connectivity index (χ0n) is 10.3. The monoisotopic (exact) mass is 258 g/mol. The number of rotatable bonds is 6. The van der Waals surface area contributed by atoms with Crippen molar-refractivity contribution in [2.45, 2.75) is 13.5 Å². The smallest absolute Gasteiger partial charge is 0.214 e. The first-order valence-corrected chi connectivity index (χ1v) is 6.92. The highest BCUT2D eigenvalue weighted by Crippen LogP contribution is 1.95. The van der Waals surface area contributed by atoms with E-state index in [2.05, 4.69) is 15.3 Å². The van der Waals surface area contributed by atoms with E-state index in [9.17, 15) is 8.42 Å². The minimum absolute atomic E-state index is 0.0874. The van der Waals surface area contributed by atoms with Crippen molar-refractivity contribution >= 4 is 10.0 Å². The van der Waals surface area contributed by atoms with Crippen LogP contribution in [0.25, 0.3) is 0 Å². The largest absolute Gasteiger partial charge is 0.310 e. The molecular weight excluding hydrogens is 240 g/mol. The molecule has 0 aliphatic carbocycles. The van der Waals surface area contributed by atoms with Crippen molar-refractivity contribution < 1.29 is 8.42 Å². The molecule has 17 heavy (non-hydrogen) atoms. The minimum atomic E-state index is -3.12. The normalized spacial score (nSPS) is 12.0. The predicted molar refractivity (Wildman–Crippen MR) is 65.9 cm³/mol. The number of nitrogens with one attached hydrogen (secondary N) is 1. The summed E-state index contributed by atoms with van der Waals surface area (Å²) in [5.74, 6) is 0.801. The van der Waals surface area contributed by atoms with E-state index in [-0.39, 0.29) is 5.75 Å². The van der Waals surface area contributed by atoms with Gasteiger partial charge in [0.05, 0.1) is 11.4 Å². The van der Waals surface area contributed by atoms with Gasteiger partial charge in [-0.1, -0.05) is 0 Å². The van der Waals surface area contributed by atoms with E-state index in [1.807, 2.05) is 6.92 Å². The molecule has 0 unspecified atom stereocenters. The molecule has 0 radical (unpaired) electrons. The van der Waals surface area contributed by atoms with Crippen LogP contribution in [0, 0.1) is 6.92 Å². The second kappa shape index (κ2) is 6.04. The third-order valence-corrected chi connectivity index (χ3v) is 4.07. The number of sulfonamides is 1. The summed E-state index contributed by atoms with van der Waals surface area (Å²) in [4.78, 5) is 8.20. The lowest BCUT2D eigenvalue weighted by Crippen LogP contribution is -2.31. The number of hydrogen-bond donors (Lipinski definition) is 1. The molecule has 0 aliphatic rings. The molecule has 0 aromatic carbocycles. The lowest BCUT2D eigenvalue weighted by Gasteiger charge is -2.11. The molecule has 7 heteroatoms. The van der Waals surface area contributed by atoms with E-state index in [0.717, 1.165) is 5.69 Å². The summed E-state index contributed by atoms with van der Waals surface area (Å²) in [6.45, 7) is 2.77. The number of hydrogen-bond acceptors (Lipinski definition) is 5. The second-order valence-corrected chi connectivity index (χ2v) is 6.17. The average molecular weight is 258 g/mol. The molecule has 0 aliphatic heterocycles. The van der Waals surface area contributed by atoms with Gasteiger partial charge in [-0.25, -0.2) is 22.7 Å². The highest BCUT2D eigenvalue weighted by molar-refractivity contribution is 7.89. The van der Waals surface area contributed by atoms with E-state index < -0.39 is 10.0 Å². The molecule has 1 aromatic rings. The third-order valence-electron chi connectivity index (χ3n) is 2.23. The van der Waals surface area contributed by atoms with E-state index in [1.54, 1.807) is 12.3 Å². The van der Waals surface area contributed by atoms with Crippen molar-refractivity contribution in [2.24, 2.45) is 0 Å². The lowest BCUT2D eigenvalue weighted by molar-refractivity contribution is 0.517. The molecule has 0 fully saturated rings. The Hall–Kier alpha value is -1.05. The fourth-order valence-corrected chi connectivity index (χ4v) is 1.97. The fourth-order valence-electron chi connectivity index (χ4n) is 1.20. The second-order valence-electron chi connectivity index (χ2n) is 3.87. The Morgan fingerprint density at radius 3 is 2.71 bits per heavy atom. The van der Waals surface area contributed by atoms with Crippen molar-refractivity contribution in [1.29, 1.82) is 0 Å². The Labute approximate surface area is 102 Å². The Bertz CT molecular complexity index is 459. The van der Waals surface area contributed by atoms with Crippen LogP contribution in [0.1, 0.15) is 11.5 Å². The summed E-state index contributed by atoms with van der Waals surface area (Å²) in [7, 11) is -0.0610. The van der Waals surface area contributed by atoms with Gasteiger partial charge in [0.25, 0.3) is 0 Å². The maximum atomic E-state index is 11.5. The van der Waals surface area contributed by atoms with Crippen molar-refractivity contribution in [3.63, 3.8) is 0 Å². The molecular formula is C10H18N4O2S. The lowest BCUT2D eigenvalue weighted by atomic mass is 10.4. The van der Waals surface area contributed by atoms with E-state index >= 15 is 0 Å². The van der Waals surface area contributed by atoms with E-state index in [0.29, 0.717) is 18.9 Å². The Morgan fingerprint density at radius 2 is 2.12 bits per heavy atom. The summed E-state index contributed by atoms with van der Waals surface area (Å²) >= 11 is 0. The number of aryl methyl sites for hydroxylation is 1. The van der Waals surface area contributed by atoms with Gasteiger partial charge in [-0.2, -0.15) is 0 Å². The van der Waals surface area contributed by atoms with E-state index in [1.165, 1.54) is 18.4 Å². The first-order valence-electron chi connectivity index (χ1n) is 5.31. The predicted octanol–water partition coefficient (Wildman–Crippen LogP) is -0.234. The van der Waals surface area contributed by atoms with Gasteiger partial charge in [0, 0.05) is 33.4 Å². The Kier molecular flexibility index (Phi) is 4.98. The minimum Gasteiger partial charge on any atom is -0.310 e. The highest BCUT2D eigenvalue weighted by atomic mass is 32.2. The van der Waals surface area contributed by atoms with Crippen molar-refractivity contribution in [3.05, 3.63) is 23.8 Å². The molecule has 0 saturated heterocycles. The molecule has 0 bridgehead atoms. The summed E-state index contributed by atoms with van der Waals surface area (Å²) < 4.78 is 24.1. The maximum absolute atomic E-state index is 11.5. The van der Waals surface area contributed by atoms with Crippen LogP contribution in [0.5, 0.6) is 0 Å². The summed E-state index contributed by atoms with van der Waals surface area (Å²) in [6, 6.07) is 1.81. The van der Waals surface area contributed by atoms with Crippen LogP contribution in [-0.2, 0) is 16.6 Å². The first-order chi connectivity index (χ1) is 7.92. The third kappa shape index (κ3) is 4.76. The molecule has 0 amide bonds. The van der Waals surface area contributed by atoms with Crippen molar-refractivity contribution in [1.82, 2.24) is 19.6 Å². The van der Waals surface area contributed by atoms with Gasteiger partial charge in [-0.05, 0) is 13.0 Å². The van der Waals surface area contributed by atoms with Crippen LogP contribution < -0.4 is 5.32 Å². The first kappa shape index (κ1) is 14.0. The fraction of sp³-hybridized carbons (Fsp3) is 0.600. The van der Waals surface area contributed by atoms with Crippen LogP contribution >= 0.6 is 0 Å². The molecule has 0 spiro atoms. The molecule has 96 valence electrons. The van der Waals surface area contributed by atoms with Crippen molar-refractivity contribution in [2.75, 3.05) is 26.4 Å². The summed E-state index contributed by atoms with van der Waals surface area (Å²) in [5, 5.41) is 3.04. The SMILES string of the molecule is Cc1nccc(CNCCS(=O)(=O)N(C)C)n1. The van der Waals surface area contributed by atoms with Crippen LogP contribution in [-0.4, -0.2) is 49.1 Å². The van der Waals surface area contributed by atoms with Gasteiger partial charge in [0.1, 0.15) is 5.82 Å². The van der Waals surface area contributed by atoms with Crippen LogP contribution in [0.15, 0.2) is 12.3 Å². The van der Waals surface area contributed by atoms with E-state index in [4.69, 9.17) is 0 Å². The quantitative estimate of drug-likeness (QED) is 0.713. The molecule has 1 heterocycles. The molecule has 0 saturated carbocycles. The number of nitrogens with zero attached hydrogens (tertiary/aromatic N) is 3. The van der Waals surface area contributed by atoms with Gasteiger partial charge < -0.3 is 5.32 Å². The topological polar surface area (TPSA) is 75.2 Å². The Morgan fingerprint density at radius 1 is 1.41 bits per heavy atom. The number of aromatic nitrogens is 2. The van der Waals surface area contributed by atoms with Gasteiger partial charge >= 0.3 is 0 Å². The van der Waals surface area contributed by atoms with Crippen molar-refractivity contribution in [3.8, 4) is 0 Å². The van der Waals surface area contributed by atoms with Crippen LogP contribution in [0.3, 0.4) is 0 Å². The maximum Gasteiger partial charge on any atom is 0.214 e. The zero-order valence-corrected chi connectivity index (χ0v) is 11.2. The van der Waals surface area contributed by atoms with Gasteiger partial charge in [-0.15, -0.1) is 0 Å². The summed E-state index contributed by atoms with van der Waals surface area (Å²) in [5.41, 5.74) is 0.861. The summed E-state index contributed by atoms with van der Waals surface area (Å²) in [6.07, 6.45) is 1.69. The standard InChI is InChI=1S/C10H18N4O2S/c1-9-12-5-4-10(13-9)8-11-6-7-17(15,16)14(2)3/h4-5,11H,6-8H2,1-3H3. The molecule has 1 aromatic heterocycles. The zero-order chi connectivity index (χ0) is 12.9. The van der Waals surface area contributed by atoms with Gasteiger partial charge in [0.15, 0.2) is 0 Å². The average Bonchev–Trinajstić information content (AvgIpc) is 2.24. The molecule has 0 atom stereocenters.